The molecule has 49 heavy (non-hydrogen) atoms. The van der Waals surface area contributed by atoms with E-state index < -0.39 is 0 Å². The van der Waals surface area contributed by atoms with Crippen LogP contribution in [0, 0.1) is 0 Å². The highest BCUT2D eigenvalue weighted by molar-refractivity contribution is 7.26. The zero-order valence-corrected chi connectivity index (χ0v) is 27.4. The van der Waals surface area contributed by atoms with Crippen LogP contribution in [0.3, 0.4) is 0 Å². The quantitative estimate of drug-likeness (QED) is 0.181. The molecule has 2 heterocycles. The molecule has 0 saturated heterocycles. The topological polar surface area (TPSA) is 8.17 Å². The van der Waals surface area contributed by atoms with Crippen molar-refractivity contribution in [1.82, 2.24) is 4.57 Å². The number of hydrogen-bond donors (Lipinski definition) is 0. The molecule has 0 amide bonds. The highest BCUT2D eigenvalue weighted by Gasteiger charge is 2.21. The molecule has 10 rings (SSSR count). The summed E-state index contributed by atoms with van der Waals surface area (Å²) >= 11 is 1.87. The van der Waals surface area contributed by atoms with Crippen molar-refractivity contribution in [3.8, 4) is 16.8 Å². The van der Waals surface area contributed by atoms with Crippen LogP contribution in [0.5, 0.6) is 0 Å². The van der Waals surface area contributed by atoms with Gasteiger partial charge >= 0.3 is 0 Å². The second kappa shape index (κ2) is 11.2. The minimum Gasteiger partial charge on any atom is -0.309 e. The van der Waals surface area contributed by atoms with Crippen molar-refractivity contribution in [2.45, 2.75) is 0 Å². The number of aromatic nitrogens is 1. The molecular weight excluding hydrogens is 613 g/mol. The molecule has 3 heteroatoms. The third-order valence-electron chi connectivity index (χ3n) is 9.74. The number of anilines is 3. The van der Waals surface area contributed by atoms with Gasteiger partial charge in [0.1, 0.15) is 0 Å². The largest absolute Gasteiger partial charge is 0.309 e. The normalized spacial score (nSPS) is 11.7. The Morgan fingerprint density at radius 2 is 1.12 bits per heavy atom. The first-order valence-corrected chi connectivity index (χ1v) is 17.5. The summed E-state index contributed by atoms with van der Waals surface area (Å²) in [6.45, 7) is 0. The van der Waals surface area contributed by atoms with Gasteiger partial charge in [-0.25, -0.2) is 0 Å². The van der Waals surface area contributed by atoms with E-state index in [0.29, 0.717) is 0 Å². The Hall–Kier alpha value is -6.16. The van der Waals surface area contributed by atoms with Crippen LogP contribution in [0.2, 0.25) is 0 Å². The number of hydrogen-bond acceptors (Lipinski definition) is 2. The van der Waals surface area contributed by atoms with Gasteiger partial charge in [0.2, 0.25) is 0 Å². The predicted molar refractivity (Wildman–Crippen MR) is 211 cm³/mol. The van der Waals surface area contributed by atoms with Crippen molar-refractivity contribution in [1.29, 1.82) is 0 Å². The first-order valence-electron chi connectivity index (χ1n) is 16.7. The van der Waals surface area contributed by atoms with Gasteiger partial charge in [0, 0.05) is 48.7 Å². The van der Waals surface area contributed by atoms with Gasteiger partial charge in [-0.1, -0.05) is 127 Å². The molecule has 2 aromatic heterocycles. The summed E-state index contributed by atoms with van der Waals surface area (Å²) in [6, 6.07) is 66.2. The Morgan fingerprint density at radius 1 is 0.429 bits per heavy atom. The van der Waals surface area contributed by atoms with Gasteiger partial charge in [0.15, 0.2) is 0 Å². The predicted octanol–water partition coefficient (Wildman–Crippen LogP) is 13.4. The third kappa shape index (κ3) is 4.47. The van der Waals surface area contributed by atoms with E-state index in [9.17, 15) is 0 Å². The van der Waals surface area contributed by atoms with Gasteiger partial charge < -0.3 is 9.47 Å². The molecule has 10 aromatic rings. The van der Waals surface area contributed by atoms with Crippen LogP contribution in [0.15, 0.2) is 182 Å². The Kier molecular flexibility index (Phi) is 6.39. The van der Waals surface area contributed by atoms with Gasteiger partial charge in [0.25, 0.3) is 0 Å². The maximum Gasteiger partial charge on any atom is 0.0640 e. The van der Waals surface area contributed by atoms with Crippen molar-refractivity contribution in [2.75, 3.05) is 4.90 Å². The molecule has 0 radical (unpaired) electrons. The van der Waals surface area contributed by atoms with Crippen molar-refractivity contribution in [2.24, 2.45) is 0 Å². The Bertz CT molecular complexity index is 2830. The van der Waals surface area contributed by atoms with Crippen LogP contribution < -0.4 is 4.90 Å². The van der Waals surface area contributed by atoms with E-state index in [1.54, 1.807) is 0 Å². The summed E-state index contributed by atoms with van der Waals surface area (Å²) in [5.41, 5.74) is 9.43. The molecule has 0 aliphatic heterocycles. The highest BCUT2D eigenvalue weighted by Crippen LogP contribution is 2.47. The van der Waals surface area contributed by atoms with E-state index in [-0.39, 0.29) is 0 Å². The summed E-state index contributed by atoms with van der Waals surface area (Å²) in [5.74, 6) is 0. The van der Waals surface area contributed by atoms with Gasteiger partial charge in [-0.2, -0.15) is 0 Å². The number of para-hydroxylation sites is 1. The fraction of sp³-hybridized carbons (Fsp3) is 0. The summed E-state index contributed by atoms with van der Waals surface area (Å²) < 4.78 is 5.02. The molecule has 0 atom stereocenters. The lowest BCUT2D eigenvalue weighted by atomic mass is 10.0. The molecule has 0 unspecified atom stereocenters. The summed E-state index contributed by atoms with van der Waals surface area (Å²) in [7, 11) is 0. The molecule has 0 aliphatic rings. The average Bonchev–Trinajstić information content (AvgIpc) is 3.72. The van der Waals surface area contributed by atoms with E-state index in [0.717, 1.165) is 17.1 Å². The molecule has 0 bridgehead atoms. The first kappa shape index (κ1) is 27.9. The van der Waals surface area contributed by atoms with Crippen LogP contribution in [0.4, 0.5) is 17.1 Å². The standard InChI is InChI=1S/C46H30N2S/c1-3-13-31(14-4-1)33-16-11-19-35(29-33)47(43-23-12-22-40-38-21-9-10-24-44(38)49-46(40)43)36-26-28-42-41(30-36)39-27-25-32-15-7-8-20-37(32)45(39)48(42)34-17-5-2-6-18-34/h1-30H. The zero-order valence-electron chi connectivity index (χ0n) is 26.6. The average molecular weight is 643 g/mol. The maximum atomic E-state index is 2.45. The molecule has 0 aliphatic carbocycles. The van der Waals surface area contributed by atoms with Crippen molar-refractivity contribution < 1.29 is 0 Å². The molecule has 230 valence electrons. The van der Waals surface area contributed by atoms with Crippen LogP contribution in [-0.4, -0.2) is 4.57 Å². The Balaban J connectivity index is 1.27. The number of benzene rings is 8. The molecule has 0 saturated carbocycles. The van der Waals surface area contributed by atoms with Crippen molar-refractivity contribution in [3.63, 3.8) is 0 Å². The number of thiophene rings is 1. The second-order valence-electron chi connectivity index (χ2n) is 12.6. The summed E-state index contributed by atoms with van der Waals surface area (Å²) in [4.78, 5) is 2.45. The monoisotopic (exact) mass is 642 g/mol. The number of fused-ring (bicyclic) bond motifs is 8. The maximum absolute atomic E-state index is 2.45. The van der Waals surface area contributed by atoms with E-state index in [4.69, 9.17) is 0 Å². The molecule has 8 aromatic carbocycles. The molecule has 0 fully saturated rings. The van der Waals surface area contributed by atoms with Gasteiger partial charge in [-0.3, -0.25) is 0 Å². The molecule has 2 nitrogen and oxygen atoms in total. The van der Waals surface area contributed by atoms with E-state index in [1.165, 1.54) is 69.6 Å². The molecule has 0 spiro atoms. The smallest absolute Gasteiger partial charge is 0.0640 e. The fourth-order valence-electron chi connectivity index (χ4n) is 7.54. The molecular formula is C46H30N2S. The summed E-state index contributed by atoms with van der Waals surface area (Å²) in [6.07, 6.45) is 0. The van der Waals surface area contributed by atoms with Crippen molar-refractivity contribution in [3.05, 3.63) is 182 Å². The van der Waals surface area contributed by atoms with E-state index in [1.807, 2.05) is 11.3 Å². The summed E-state index contributed by atoms with van der Waals surface area (Å²) in [5, 5.41) is 7.56. The van der Waals surface area contributed by atoms with Gasteiger partial charge in [-0.05, 0) is 71.1 Å². The molecule has 0 N–H and O–H groups in total. The van der Waals surface area contributed by atoms with Crippen LogP contribution in [-0.2, 0) is 0 Å². The minimum absolute atomic E-state index is 1.13. The zero-order chi connectivity index (χ0) is 32.3. The van der Waals surface area contributed by atoms with Gasteiger partial charge in [0.05, 0.1) is 21.4 Å². The number of rotatable bonds is 5. The highest BCUT2D eigenvalue weighted by atomic mass is 32.1. The first-order chi connectivity index (χ1) is 24.3. The Morgan fingerprint density at radius 3 is 2.00 bits per heavy atom. The number of nitrogens with zero attached hydrogens (tertiary/aromatic N) is 2. The Labute approximate surface area is 288 Å². The fourth-order valence-corrected chi connectivity index (χ4v) is 8.75. The third-order valence-corrected chi connectivity index (χ3v) is 11.0. The van der Waals surface area contributed by atoms with E-state index in [2.05, 4.69) is 191 Å². The lowest BCUT2D eigenvalue weighted by molar-refractivity contribution is 1.18. The van der Waals surface area contributed by atoms with Crippen LogP contribution in [0.1, 0.15) is 0 Å². The lowest BCUT2D eigenvalue weighted by Crippen LogP contribution is -2.10. The second-order valence-corrected chi connectivity index (χ2v) is 13.6. The SMILES string of the molecule is c1ccc(-c2cccc(N(c3ccc4c(c3)c3ccc5ccccc5c3n4-c3ccccc3)c3cccc4c3sc3ccccc34)c2)cc1. The van der Waals surface area contributed by atoms with Gasteiger partial charge in [-0.15, -0.1) is 11.3 Å². The van der Waals surface area contributed by atoms with Crippen molar-refractivity contribution >= 4 is 81.1 Å². The van der Waals surface area contributed by atoms with Crippen LogP contribution in [0.25, 0.3) is 69.6 Å². The van der Waals surface area contributed by atoms with E-state index >= 15 is 0 Å². The van der Waals surface area contributed by atoms with Crippen LogP contribution >= 0.6 is 11.3 Å². The lowest BCUT2D eigenvalue weighted by Gasteiger charge is -2.27. The minimum atomic E-state index is 1.13.